The molecule has 0 bridgehead atoms. The topological polar surface area (TPSA) is 29.5 Å². The van der Waals surface area contributed by atoms with Gasteiger partial charge in [0.2, 0.25) is 0 Å². The van der Waals surface area contributed by atoms with Crippen molar-refractivity contribution in [1.82, 2.24) is 4.90 Å². The van der Waals surface area contributed by atoms with E-state index < -0.39 is 0 Å². The molecule has 3 nitrogen and oxygen atoms in total. The van der Waals surface area contributed by atoms with E-state index >= 15 is 0 Å². The predicted octanol–water partition coefficient (Wildman–Crippen LogP) is 3.01. The van der Waals surface area contributed by atoms with Crippen molar-refractivity contribution in [2.24, 2.45) is 0 Å². The fraction of sp³-hybridized carbons (Fsp3) is 0.500. The van der Waals surface area contributed by atoms with Crippen LogP contribution in [0.4, 0.5) is 0 Å². The van der Waals surface area contributed by atoms with Crippen molar-refractivity contribution < 1.29 is 9.53 Å². The maximum atomic E-state index is 12.5. The fourth-order valence-electron chi connectivity index (χ4n) is 2.13. The van der Waals surface area contributed by atoms with Crippen LogP contribution in [-0.2, 0) is 4.74 Å². The van der Waals surface area contributed by atoms with Gasteiger partial charge in [0.25, 0.3) is 5.91 Å². The van der Waals surface area contributed by atoms with Crippen molar-refractivity contribution in [3.05, 3.63) is 33.8 Å². The van der Waals surface area contributed by atoms with Crippen LogP contribution in [0.3, 0.4) is 0 Å². The smallest absolute Gasteiger partial charge is 0.255 e. The number of morpholine rings is 1. The van der Waals surface area contributed by atoms with Gasteiger partial charge < -0.3 is 9.64 Å². The molecule has 1 unspecified atom stereocenters. The van der Waals surface area contributed by atoms with Crippen LogP contribution in [0.2, 0.25) is 0 Å². The summed E-state index contributed by atoms with van der Waals surface area (Å²) < 4.78 is 6.49. The molecule has 4 heteroatoms. The molecule has 1 amide bonds. The van der Waals surface area contributed by atoms with Gasteiger partial charge in [0.1, 0.15) is 0 Å². The lowest BCUT2D eigenvalue weighted by Gasteiger charge is -2.32. The second-order valence-electron chi connectivity index (χ2n) is 4.59. The Labute approximate surface area is 116 Å². The zero-order valence-corrected chi connectivity index (χ0v) is 12.4. The molecule has 1 fully saturated rings. The lowest BCUT2D eigenvalue weighted by molar-refractivity contribution is -0.0226. The van der Waals surface area contributed by atoms with Crippen LogP contribution in [0, 0.1) is 6.92 Å². The van der Waals surface area contributed by atoms with Crippen LogP contribution >= 0.6 is 15.9 Å². The van der Waals surface area contributed by atoms with Gasteiger partial charge in [0, 0.05) is 17.6 Å². The Bertz CT molecular complexity index is 447. The van der Waals surface area contributed by atoms with Gasteiger partial charge in [-0.2, -0.15) is 0 Å². The normalized spacial score (nSPS) is 19.9. The van der Waals surface area contributed by atoms with Gasteiger partial charge >= 0.3 is 0 Å². The highest BCUT2D eigenvalue weighted by molar-refractivity contribution is 9.10. The zero-order chi connectivity index (χ0) is 13.1. The third-order valence-corrected chi connectivity index (χ3v) is 4.36. The molecule has 1 aliphatic heterocycles. The van der Waals surface area contributed by atoms with Crippen molar-refractivity contribution in [3.8, 4) is 0 Å². The highest BCUT2D eigenvalue weighted by atomic mass is 79.9. The highest BCUT2D eigenvalue weighted by Crippen LogP contribution is 2.23. The Morgan fingerprint density at radius 3 is 3.06 bits per heavy atom. The Hall–Kier alpha value is -0.870. The maximum absolute atomic E-state index is 12.5. The van der Waals surface area contributed by atoms with E-state index in [0.29, 0.717) is 19.7 Å². The zero-order valence-electron chi connectivity index (χ0n) is 10.8. The van der Waals surface area contributed by atoms with E-state index in [1.165, 1.54) is 0 Å². The third-order valence-electron chi connectivity index (χ3n) is 3.30. The van der Waals surface area contributed by atoms with E-state index in [1.807, 2.05) is 30.0 Å². The number of halogens is 1. The average molecular weight is 312 g/mol. The molecule has 1 heterocycles. The number of ether oxygens (including phenoxy) is 1. The number of nitrogens with zero attached hydrogens (tertiary/aromatic N) is 1. The first kappa shape index (κ1) is 13.6. The van der Waals surface area contributed by atoms with Crippen LogP contribution < -0.4 is 0 Å². The first-order valence-corrected chi connectivity index (χ1v) is 7.08. The molecule has 0 radical (unpaired) electrons. The van der Waals surface area contributed by atoms with Crippen LogP contribution in [0.25, 0.3) is 0 Å². The molecule has 1 aromatic rings. The summed E-state index contributed by atoms with van der Waals surface area (Å²) in [7, 11) is 0. The Morgan fingerprint density at radius 1 is 1.56 bits per heavy atom. The quantitative estimate of drug-likeness (QED) is 0.840. The van der Waals surface area contributed by atoms with Gasteiger partial charge in [0.15, 0.2) is 0 Å². The molecule has 0 spiro atoms. The van der Waals surface area contributed by atoms with E-state index in [2.05, 4.69) is 22.9 Å². The predicted molar refractivity (Wildman–Crippen MR) is 74.8 cm³/mol. The minimum Gasteiger partial charge on any atom is -0.375 e. The summed E-state index contributed by atoms with van der Waals surface area (Å²) in [5.41, 5.74) is 1.83. The fourth-order valence-corrected chi connectivity index (χ4v) is 2.57. The summed E-state index contributed by atoms with van der Waals surface area (Å²) in [6.45, 7) is 6.08. The molecule has 0 saturated carbocycles. The highest BCUT2D eigenvalue weighted by Gasteiger charge is 2.25. The van der Waals surface area contributed by atoms with E-state index in [9.17, 15) is 4.79 Å². The molecule has 0 aromatic heterocycles. The molecule has 18 heavy (non-hydrogen) atoms. The van der Waals surface area contributed by atoms with Crippen molar-refractivity contribution in [2.75, 3.05) is 19.7 Å². The summed E-state index contributed by atoms with van der Waals surface area (Å²) in [4.78, 5) is 14.4. The summed E-state index contributed by atoms with van der Waals surface area (Å²) in [6.07, 6.45) is 1.12. The second-order valence-corrected chi connectivity index (χ2v) is 5.38. The maximum Gasteiger partial charge on any atom is 0.255 e. The van der Waals surface area contributed by atoms with E-state index in [1.54, 1.807) is 0 Å². The molecular formula is C14H18BrNO2. The lowest BCUT2D eigenvalue weighted by atomic mass is 10.1. The summed E-state index contributed by atoms with van der Waals surface area (Å²) in [5, 5.41) is 0. The molecule has 0 N–H and O–H groups in total. The number of aryl methyl sites for hydroxylation is 1. The van der Waals surface area contributed by atoms with Gasteiger partial charge in [0.05, 0.1) is 18.3 Å². The second kappa shape index (κ2) is 5.85. The van der Waals surface area contributed by atoms with Gasteiger partial charge in [-0.3, -0.25) is 4.79 Å². The first-order chi connectivity index (χ1) is 8.63. The molecule has 98 valence electrons. The van der Waals surface area contributed by atoms with Crippen molar-refractivity contribution >= 4 is 21.8 Å². The Balaban J connectivity index is 2.18. The van der Waals surface area contributed by atoms with Crippen LogP contribution in [-0.4, -0.2) is 36.6 Å². The SMILES string of the molecule is CCC1CN(C(=O)c2cccc(C)c2Br)CCO1. The number of hydrogen-bond donors (Lipinski definition) is 0. The van der Waals surface area contributed by atoms with Gasteiger partial charge in [-0.25, -0.2) is 0 Å². The molecular weight excluding hydrogens is 294 g/mol. The van der Waals surface area contributed by atoms with Gasteiger partial charge in [-0.05, 0) is 40.9 Å². The lowest BCUT2D eigenvalue weighted by Crippen LogP contribution is -2.45. The van der Waals surface area contributed by atoms with E-state index in [0.717, 1.165) is 22.0 Å². The third kappa shape index (κ3) is 2.75. The summed E-state index contributed by atoms with van der Waals surface area (Å²) in [6, 6.07) is 5.79. The van der Waals surface area contributed by atoms with Crippen molar-refractivity contribution in [3.63, 3.8) is 0 Å². The van der Waals surface area contributed by atoms with Crippen LogP contribution in [0.1, 0.15) is 29.3 Å². The molecule has 0 aliphatic carbocycles. The van der Waals surface area contributed by atoms with E-state index in [-0.39, 0.29) is 12.0 Å². The minimum atomic E-state index is 0.0901. The summed E-state index contributed by atoms with van der Waals surface area (Å²) in [5.74, 6) is 0.0901. The minimum absolute atomic E-state index is 0.0901. The van der Waals surface area contributed by atoms with Gasteiger partial charge in [-0.15, -0.1) is 0 Å². The molecule has 2 rings (SSSR count). The number of carbonyl (C=O) groups is 1. The molecule has 1 atom stereocenters. The van der Waals surface area contributed by atoms with Crippen molar-refractivity contribution in [2.45, 2.75) is 26.4 Å². The van der Waals surface area contributed by atoms with Crippen LogP contribution in [0.5, 0.6) is 0 Å². The molecule has 1 aromatic carbocycles. The van der Waals surface area contributed by atoms with E-state index in [4.69, 9.17) is 4.74 Å². The number of hydrogen-bond acceptors (Lipinski definition) is 2. The number of amides is 1. The first-order valence-electron chi connectivity index (χ1n) is 6.29. The number of benzene rings is 1. The number of rotatable bonds is 2. The summed E-state index contributed by atoms with van der Waals surface area (Å²) >= 11 is 3.50. The van der Waals surface area contributed by atoms with Crippen LogP contribution in [0.15, 0.2) is 22.7 Å². The Morgan fingerprint density at radius 2 is 2.33 bits per heavy atom. The van der Waals surface area contributed by atoms with Crippen molar-refractivity contribution in [1.29, 1.82) is 0 Å². The molecule has 1 saturated heterocycles. The molecule has 1 aliphatic rings. The Kier molecular flexibility index (Phi) is 4.40. The largest absolute Gasteiger partial charge is 0.375 e. The average Bonchev–Trinajstić information content (AvgIpc) is 2.41. The monoisotopic (exact) mass is 311 g/mol. The number of carbonyl (C=O) groups excluding carboxylic acids is 1. The standard InChI is InChI=1S/C14H18BrNO2/c1-3-11-9-16(7-8-18-11)14(17)12-6-4-5-10(2)13(12)15/h4-6,11H,3,7-9H2,1-2H3. The van der Waals surface area contributed by atoms with Gasteiger partial charge in [-0.1, -0.05) is 19.1 Å².